The predicted molar refractivity (Wildman–Crippen MR) is 63.7 cm³/mol. The number of rotatable bonds is 1. The number of aryl methyl sites for hydroxylation is 1. The van der Waals surface area contributed by atoms with Gasteiger partial charge in [-0.1, -0.05) is 18.2 Å². The maximum Gasteiger partial charge on any atom is 0.0466 e. The molecule has 1 N–H and O–H groups in total. The number of hydrogen-bond donors (Lipinski definition) is 1. The van der Waals surface area contributed by atoms with Gasteiger partial charge >= 0.3 is 0 Å². The van der Waals surface area contributed by atoms with Crippen LogP contribution in [0.4, 0.5) is 0 Å². The summed E-state index contributed by atoms with van der Waals surface area (Å²) in [5.41, 5.74) is 3.67. The molecule has 2 rings (SSSR count). The van der Waals surface area contributed by atoms with Crippen molar-refractivity contribution in [2.75, 3.05) is 0 Å². The van der Waals surface area contributed by atoms with E-state index in [1.807, 2.05) is 0 Å². The Hall–Kier alpha value is -0.770. The van der Waals surface area contributed by atoms with Gasteiger partial charge in [-0.05, 0) is 47.7 Å². The Morgan fingerprint density at radius 1 is 1.08 bits per heavy atom. The van der Waals surface area contributed by atoms with Crippen molar-refractivity contribution in [1.82, 2.24) is 4.98 Å². The summed E-state index contributed by atoms with van der Waals surface area (Å²) in [7, 11) is 0. The van der Waals surface area contributed by atoms with Crippen molar-refractivity contribution in [3.63, 3.8) is 0 Å². The molecule has 0 radical (unpaired) electrons. The van der Waals surface area contributed by atoms with Gasteiger partial charge in [-0.15, -0.1) is 0 Å². The number of aromatic nitrogens is 1. The highest BCUT2D eigenvalue weighted by atomic mass is 127. The molecule has 0 aliphatic rings. The van der Waals surface area contributed by atoms with Crippen LogP contribution < -0.4 is 0 Å². The summed E-state index contributed by atoms with van der Waals surface area (Å²) in [6.07, 6.45) is 0. The van der Waals surface area contributed by atoms with Crippen molar-refractivity contribution in [2.45, 2.75) is 6.92 Å². The lowest BCUT2D eigenvalue weighted by Gasteiger charge is -2.00. The van der Waals surface area contributed by atoms with Crippen molar-refractivity contribution in [1.29, 1.82) is 0 Å². The summed E-state index contributed by atoms with van der Waals surface area (Å²) in [4.78, 5) is 3.33. The molecule has 0 aliphatic heterocycles. The lowest BCUT2D eigenvalue weighted by Crippen LogP contribution is -1.81. The molecular weight excluding hydrogens is 273 g/mol. The van der Waals surface area contributed by atoms with Crippen LogP contribution in [0.1, 0.15) is 5.69 Å². The molecule has 0 fully saturated rings. The van der Waals surface area contributed by atoms with Crippen LogP contribution in [0.2, 0.25) is 0 Å². The number of nitrogens with one attached hydrogen (secondary N) is 1. The molecule has 0 spiro atoms. The highest BCUT2D eigenvalue weighted by Gasteiger charge is 2.02. The number of benzene rings is 1. The number of H-pyrrole nitrogens is 1. The highest BCUT2D eigenvalue weighted by Crippen LogP contribution is 2.23. The van der Waals surface area contributed by atoms with E-state index in [4.69, 9.17) is 0 Å². The van der Waals surface area contributed by atoms with Crippen molar-refractivity contribution in [2.24, 2.45) is 0 Å². The molecule has 0 saturated carbocycles. The van der Waals surface area contributed by atoms with Gasteiger partial charge in [0, 0.05) is 20.5 Å². The van der Waals surface area contributed by atoms with E-state index in [1.165, 1.54) is 20.5 Å². The zero-order valence-electron chi connectivity index (χ0n) is 7.34. The average Bonchev–Trinajstić information content (AvgIpc) is 2.53. The molecule has 1 aromatic heterocycles. The minimum Gasteiger partial charge on any atom is -0.359 e. The SMILES string of the molecule is Cc1ccc(-c2ccccc2I)[nH]1. The second kappa shape index (κ2) is 3.54. The molecule has 13 heavy (non-hydrogen) atoms. The minimum absolute atomic E-state index is 1.20. The van der Waals surface area contributed by atoms with Crippen molar-refractivity contribution in [3.8, 4) is 11.3 Å². The predicted octanol–water partition coefficient (Wildman–Crippen LogP) is 3.59. The molecule has 0 bridgehead atoms. The van der Waals surface area contributed by atoms with Crippen LogP contribution in [0, 0.1) is 10.5 Å². The smallest absolute Gasteiger partial charge is 0.0466 e. The van der Waals surface area contributed by atoms with Crippen LogP contribution in [0.25, 0.3) is 11.3 Å². The summed E-state index contributed by atoms with van der Waals surface area (Å²) in [6.45, 7) is 2.07. The van der Waals surface area contributed by atoms with Crippen LogP contribution in [0.3, 0.4) is 0 Å². The first-order valence-electron chi connectivity index (χ1n) is 4.18. The highest BCUT2D eigenvalue weighted by molar-refractivity contribution is 14.1. The quantitative estimate of drug-likeness (QED) is 0.770. The zero-order valence-corrected chi connectivity index (χ0v) is 9.50. The summed E-state index contributed by atoms with van der Waals surface area (Å²) in [5.74, 6) is 0. The molecule has 1 heterocycles. The van der Waals surface area contributed by atoms with E-state index < -0.39 is 0 Å². The summed E-state index contributed by atoms with van der Waals surface area (Å²) < 4.78 is 1.28. The van der Waals surface area contributed by atoms with E-state index in [1.54, 1.807) is 0 Å². The molecule has 2 heteroatoms. The standard InChI is InChI=1S/C11H10IN/c1-8-6-7-11(13-8)9-4-2-3-5-10(9)12/h2-7,13H,1H3. The van der Waals surface area contributed by atoms with Gasteiger partial charge in [0.2, 0.25) is 0 Å². The summed E-state index contributed by atoms with van der Waals surface area (Å²) in [5, 5.41) is 0. The van der Waals surface area contributed by atoms with Gasteiger partial charge in [-0.25, -0.2) is 0 Å². The molecular formula is C11H10IN. The molecule has 1 aromatic carbocycles. The maximum absolute atomic E-state index is 3.33. The Morgan fingerprint density at radius 2 is 1.85 bits per heavy atom. The molecule has 0 unspecified atom stereocenters. The number of aromatic amines is 1. The number of halogens is 1. The zero-order chi connectivity index (χ0) is 9.26. The lowest BCUT2D eigenvalue weighted by molar-refractivity contribution is 1.26. The van der Waals surface area contributed by atoms with Gasteiger partial charge in [-0.2, -0.15) is 0 Å². The maximum atomic E-state index is 3.33. The van der Waals surface area contributed by atoms with Crippen LogP contribution in [0.15, 0.2) is 36.4 Å². The monoisotopic (exact) mass is 283 g/mol. The molecule has 2 aromatic rings. The van der Waals surface area contributed by atoms with E-state index in [-0.39, 0.29) is 0 Å². The first kappa shape index (κ1) is 8.81. The van der Waals surface area contributed by atoms with Gasteiger partial charge in [0.1, 0.15) is 0 Å². The van der Waals surface area contributed by atoms with Crippen molar-refractivity contribution < 1.29 is 0 Å². The van der Waals surface area contributed by atoms with Gasteiger partial charge in [-0.3, -0.25) is 0 Å². The van der Waals surface area contributed by atoms with E-state index >= 15 is 0 Å². The fourth-order valence-electron chi connectivity index (χ4n) is 1.34. The molecule has 0 atom stereocenters. The van der Waals surface area contributed by atoms with Gasteiger partial charge in [0.05, 0.1) is 0 Å². The largest absolute Gasteiger partial charge is 0.359 e. The van der Waals surface area contributed by atoms with Gasteiger partial charge in [0.25, 0.3) is 0 Å². The molecule has 66 valence electrons. The lowest BCUT2D eigenvalue weighted by atomic mass is 10.2. The van der Waals surface area contributed by atoms with Crippen LogP contribution >= 0.6 is 22.6 Å². The first-order chi connectivity index (χ1) is 6.27. The van der Waals surface area contributed by atoms with Crippen molar-refractivity contribution >= 4 is 22.6 Å². The Bertz CT molecular complexity index is 418. The Morgan fingerprint density at radius 3 is 2.46 bits per heavy atom. The van der Waals surface area contributed by atoms with E-state index in [0.29, 0.717) is 0 Å². The fourth-order valence-corrected chi connectivity index (χ4v) is 2.02. The van der Waals surface area contributed by atoms with Crippen LogP contribution in [-0.4, -0.2) is 4.98 Å². The normalized spacial score (nSPS) is 10.3. The Balaban J connectivity index is 2.52. The van der Waals surface area contributed by atoms with Crippen LogP contribution in [0.5, 0.6) is 0 Å². The third kappa shape index (κ3) is 1.77. The Labute approximate surface area is 91.3 Å². The second-order valence-electron chi connectivity index (χ2n) is 3.03. The van der Waals surface area contributed by atoms with Gasteiger partial charge in [0.15, 0.2) is 0 Å². The third-order valence-electron chi connectivity index (χ3n) is 2.00. The van der Waals surface area contributed by atoms with E-state index in [2.05, 4.69) is 70.9 Å². The van der Waals surface area contributed by atoms with E-state index in [9.17, 15) is 0 Å². The molecule has 0 saturated heterocycles. The fraction of sp³-hybridized carbons (Fsp3) is 0.0909. The molecule has 0 aliphatic carbocycles. The van der Waals surface area contributed by atoms with E-state index in [0.717, 1.165) is 0 Å². The molecule has 1 nitrogen and oxygen atoms in total. The number of hydrogen-bond acceptors (Lipinski definition) is 0. The minimum atomic E-state index is 1.20. The summed E-state index contributed by atoms with van der Waals surface area (Å²) in [6, 6.07) is 12.6. The van der Waals surface area contributed by atoms with Crippen molar-refractivity contribution in [3.05, 3.63) is 45.7 Å². The molecule has 0 amide bonds. The first-order valence-corrected chi connectivity index (χ1v) is 5.26. The topological polar surface area (TPSA) is 15.8 Å². The van der Waals surface area contributed by atoms with Gasteiger partial charge < -0.3 is 4.98 Å². The second-order valence-corrected chi connectivity index (χ2v) is 4.20. The Kier molecular flexibility index (Phi) is 2.40. The van der Waals surface area contributed by atoms with Crippen LogP contribution in [-0.2, 0) is 0 Å². The average molecular weight is 283 g/mol. The summed E-state index contributed by atoms with van der Waals surface area (Å²) >= 11 is 2.35. The third-order valence-corrected chi connectivity index (χ3v) is 2.94.